The molecule has 1 amide bonds. The van der Waals surface area contributed by atoms with Crippen LogP contribution in [-0.4, -0.2) is 67.0 Å². The van der Waals surface area contributed by atoms with Crippen molar-refractivity contribution in [2.75, 3.05) is 51.3 Å². The Morgan fingerprint density at radius 2 is 1.80 bits per heavy atom. The van der Waals surface area contributed by atoms with Crippen molar-refractivity contribution in [2.45, 2.75) is 25.8 Å². The number of carbonyl (C=O) groups excluding carboxylic acids is 1. The number of nitrogens with one attached hydrogen (secondary N) is 1. The van der Waals surface area contributed by atoms with Crippen LogP contribution in [-0.2, 0) is 6.54 Å². The van der Waals surface area contributed by atoms with E-state index in [4.69, 9.17) is 0 Å². The van der Waals surface area contributed by atoms with E-state index in [-0.39, 0.29) is 5.91 Å². The minimum Gasteiger partial charge on any atom is -0.339 e. The van der Waals surface area contributed by atoms with Crippen molar-refractivity contribution in [3.05, 3.63) is 35.4 Å². The smallest absolute Gasteiger partial charge is 0.253 e. The molecule has 1 N–H and O–H groups in total. The summed E-state index contributed by atoms with van der Waals surface area (Å²) in [4.78, 5) is 17.3. The van der Waals surface area contributed by atoms with E-state index in [0.29, 0.717) is 0 Å². The first kappa shape index (κ1) is 18.7. The molecule has 5 heteroatoms. The Hall–Kier alpha value is -1.04. The van der Waals surface area contributed by atoms with Gasteiger partial charge in [-0.15, -0.1) is 0 Å². The SMILES string of the molecule is CNCCC1CCN(C(=O)c2ccc(CN3CCSCC3)cc2)CC1. The third kappa shape index (κ3) is 5.47. The molecule has 4 nitrogen and oxygen atoms in total. The lowest BCUT2D eigenvalue weighted by molar-refractivity contribution is 0.0687. The number of likely N-dealkylation sites (tertiary alicyclic amines) is 1. The van der Waals surface area contributed by atoms with Crippen molar-refractivity contribution in [1.82, 2.24) is 15.1 Å². The van der Waals surface area contributed by atoms with E-state index in [1.165, 1.54) is 36.6 Å². The third-order valence-electron chi connectivity index (χ3n) is 5.42. The molecule has 0 aliphatic carbocycles. The number of carbonyl (C=O) groups is 1. The van der Waals surface area contributed by atoms with Gasteiger partial charge in [-0.3, -0.25) is 9.69 Å². The molecule has 138 valence electrons. The van der Waals surface area contributed by atoms with E-state index < -0.39 is 0 Å². The van der Waals surface area contributed by atoms with Crippen LogP contribution < -0.4 is 5.32 Å². The van der Waals surface area contributed by atoms with Gasteiger partial charge in [-0.1, -0.05) is 12.1 Å². The van der Waals surface area contributed by atoms with Gasteiger partial charge in [0.15, 0.2) is 0 Å². The van der Waals surface area contributed by atoms with Crippen LogP contribution in [0.1, 0.15) is 35.2 Å². The average molecular weight is 362 g/mol. The largest absolute Gasteiger partial charge is 0.339 e. The fourth-order valence-electron chi connectivity index (χ4n) is 3.73. The van der Waals surface area contributed by atoms with Gasteiger partial charge in [-0.25, -0.2) is 0 Å². The summed E-state index contributed by atoms with van der Waals surface area (Å²) < 4.78 is 0. The van der Waals surface area contributed by atoms with Crippen molar-refractivity contribution in [2.24, 2.45) is 5.92 Å². The Morgan fingerprint density at radius 1 is 1.12 bits per heavy atom. The highest BCUT2D eigenvalue weighted by molar-refractivity contribution is 7.99. The Balaban J connectivity index is 1.49. The molecule has 2 heterocycles. The summed E-state index contributed by atoms with van der Waals surface area (Å²) >= 11 is 2.04. The first-order valence-corrected chi connectivity index (χ1v) is 10.7. The molecule has 0 bridgehead atoms. The molecular formula is C20H31N3OS. The molecule has 3 rings (SSSR count). The maximum Gasteiger partial charge on any atom is 0.253 e. The molecule has 1 aromatic carbocycles. The van der Waals surface area contributed by atoms with Crippen LogP contribution in [0.15, 0.2) is 24.3 Å². The summed E-state index contributed by atoms with van der Waals surface area (Å²) in [6.45, 7) is 6.24. The molecule has 0 radical (unpaired) electrons. The Bertz CT molecular complexity index is 534. The number of rotatable bonds is 6. The number of hydrogen-bond acceptors (Lipinski definition) is 4. The number of benzene rings is 1. The molecule has 0 saturated carbocycles. The lowest BCUT2D eigenvalue weighted by Crippen LogP contribution is -2.39. The molecule has 2 aliphatic rings. The first-order valence-electron chi connectivity index (χ1n) is 9.59. The second-order valence-electron chi connectivity index (χ2n) is 7.21. The van der Waals surface area contributed by atoms with Gasteiger partial charge < -0.3 is 10.2 Å². The fourth-order valence-corrected chi connectivity index (χ4v) is 4.70. The predicted molar refractivity (Wildman–Crippen MR) is 106 cm³/mol. The molecule has 2 fully saturated rings. The summed E-state index contributed by atoms with van der Waals surface area (Å²) in [5.74, 6) is 3.44. The van der Waals surface area contributed by atoms with Gasteiger partial charge in [0, 0.05) is 49.8 Å². The van der Waals surface area contributed by atoms with Gasteiger partial charge in [0.1, 0.15) is 0 Å². The average Bonchev–Trinajstić information content (AvgIpc) is 2.68. The molecule has 2 saturated heterocycles. The van der Waals surface area contributed by atoms with Crippen LogP contribution in [0.2, 0.25) is 0 Å². The maximum atomic E-state index is 12.7. The Labute approximate surface area is 156 Å². The van der Waals surface area contributed by atoms with Crippen molar-refractivity contribution in [3.63, 3.8) is 0 Å². The maximum absolute atomic E-state index is 12.7. The van der Waals surface area contributed by atoms with Gasteiger partial charge in [0.25, 0.3) is 5.91 Å². The van der Waals surface area contributed by atoms with Gasteiger partial charge in [-0.05, 0) is 56.5 Å². The quantitative estimate of drug-likeness (QED) is 0.845. The summed E-state index contributed by atoms with van der Waals surface area (Å²) in [5, 5.41) is 3.22. The van der Waals surface area contributed by atoms with Crippen LogP contribution in [0, 0.1) is 5.92 Å². The van der Waals surface area contributed by atoms with Crippen LogP contribution in [0.3, 0.4) is 0 Å². The number of amides is 1. The van der Waals surface area contributed by atoms with Crippen molar-refractivity contribution >= 4 is 17.7 Å². The van der Waals surface area contributed by atoms with Crippen molar-refractivity contribution < 1.29 is 4.79 Å². The van der Waals surface area contributed by atoms with Crippen LogP contribution >= 0.6 is 11.8 Å². The molecule has 2 aliphatic heterocycles. The lowest BCUT2D eigenvalue weighted by atomic mass is 9.93. The molecule has 1 aromatic rings. The molecule has 0 atom stereocenters. The summed E-state index contributed by atoms with van der Waals surface area (Å²) in [5.41, 5.74) is 2.15. The van der Waals surface area contributed by atoms with Gasteiger partial charge in [0.05, 0.1) is 0 Å². The highest BCUT2D eigenvalue weighted by Gasteiger charge is 2.23. The molecule has 0 unspecified atom stereocenters. The second-order valence-corrected chi connectivity index (χ2v) is 8.44. The molecule has 0 spiro atoms. The first-order chi connectivity index (χ1) is 12.3. The Morgan fingerprint density at radius 3 is 2.44 bits per heavy atom. The van der Waals surface area contributed by atoms with E-state index in [1.807, 2.05) is 35.8 Å². The highest BCUT2D eigenvalue weighted by Crippen LogP contribution is 2.22. The minimum absolute atomic E-state index is 0.202. The topological polar surface area (TPSA) is 35.6 Å². The summed E-state index contributed by atoms with van der Waals surface area (Å²) in [6.07, 6.45) is 3.50. The molecule has 0 aromatic heterocycles. The zero-order chi connectivity index (χ0) is 17.5. The standard InChI is InChI=1S/C20H31N3OS/c1-21-9-6-17-7-10-23(11-8-17)20(24)19-4-2-18(3-5-19)16-22-12-14-25-15-13-22/h2-5,17,21H,6-16H2,1H3. The van der Waals surface area contributed by atoms with Gasteiger partial charge in [0.2, 0.25) is 0 Å². The third-order valence-corrected chi connectivity index (χ3v) is 6.36. The predicted octanol–water partition coefficient (Wildman–Crippen LogP) is 2.70. The summed E-state index contributed by atoms with van der Waals surface area (Å²) in [7, 11) is 2.01. The van der Waals surface area contributed by atoms with E-state index in [9.17, 15) is 4.79 Å². The number of nitrogens with zero attached hydrogens (tertiary/aromatic N) is 2. The van der Waals surface area contributed by atoms with E-state index in [0.717, 1.165) is 50.5 Å². The van der Waals surface area contributed by atoms with Crippen LogP contribution in [0.25, 0.3) is 0 Å². The minimum atomic E-state index is 0.202. The second kappa shape index (κ2) is 9.60. The zero-order valence-electron chi connectivity index (χ0n) is 15.4. The monoisotopic (exact) mass is 361 g/mol. The zero-order valence-corrected chi connectivity index (χ0v) is 16.2. The van der Waals surface area contributed by atoms with Crippen LogP contribution in [0.5, 0.6) is 0 Å². The van der Waals surface area contributed by atoms with E-state index >= 15 is 0 Å². The number of thioether (sulfide) groups is 1. The number of hydrogen-bond donors (Lipinski definition) is 1. The normalized spacial score (nSPS) is 20.0. The number of piperidine rings is 1. The fraction of sp³-hybridized carbons (Fsp3) is 0.650. The molecule has 25 heavy (non-hydrogen) atoms. The van der Waals surface area contributed by atoms with Crippen molar-refractivity contribution in [1.29, 1.82) is 0 Å². The van der Waals surface area contributed by atoms with Crippen molar-refractivity contribution in [3.8, 4) is 0 Å². The van der Waals surface area contributed by atoms with Gasteiger partial charge >= 0.3 is 0 Å². The lowest BCUT2D eigenvalue weighted by Gasteiger charge is -2.32. The summed E-state index contributed by atoms with van der Waals surface area (Å²) in [6, 6.07) is 8.30. The molecular weight excluding hydrogens is 330 g/mol. The Kier molecular flexibility index (Phi) is 7.20. The van der Waals surface area contributed by atoms with E-state index in [1.54, 1.807) is 0 Å². The van der Waals surface area contributed by atoms with Gasteiger partial charge in [-0.2, -0.15) is 11.8 Å². The van der Waals surface area contributed by atoms with Crippen LogP contribution in [0.4, 0.5) is 0 Å². The highest BCUT2D eigenvalue weighted by atomic mass is 32.2. The van der Waals surface area contributed by atoms with E-state index in [2.05, 4.69) is 22.3 Å².